The molecule has 0 bridgehead atoms. The standard InChI is InChI=1S/C17H20N2O4S.C2HF3O2/c1-11-18-13(10-24-11)9-23-15-7-19(14-3-2-5-22-16(14)15)17(20)12-4-6-21-8-12;3-2(4,5)1(6)7/h4,6,8,10,14-16H,2-3,5,7,9H2,1H3;(H,6,7)/t14-,15-,16+;/m1./s1. The molecule has 4 rings (SSSR count). The van der Waals surface area contributed by atoms with Crippen LogP contribution in [-0.2, 0) is 20.9 Å². The third-order valence-corrected chi connectivity index (χ3v) is 5.68. The van der Waals surface area contributed by atoms with Gasteiger partial charge in [-0.05, 0) is 25.8 Å². The number of likely N-dealkylation sites (tertiary alicyclic amines) is 1. The molecule has 2 aliphatic rings. The van der Waals surface area contributed by atoms with Gasteiger partial charge in [-0.3, -0.25) is 4.79 Å². The first kappa shape index (κ1) is 23.2. The number of rotatable bonds is 4. The summed E-state index contributed by atoms with van der Waals surface area (Å²) in [6, 6.07) is 1.77. The minimum Gasteiger partial charge on any atom is -0.475 e. The monoisotopic (exact) mass is 462 g/mol. The molecular formula is C19H21F3N2O6S. The zero-order chi connectivity index (χ0) is 22.6. The highest BCUT2D eigenvalue weighted by molar-refractivity contribution is 7.09. The second-order valence-corrected chi connectivity index (χ2v) is 8.09. The number of carboxylic acids is 1. The Hall–Kier alpha value is -2.44. The van der Waals surface area contributed by atoms with Crippen molar-refractivity contribution in [1.29, 1.82) is 0 Å². The van der Waals surface area contributed by atoms with Crippen LogP contribution in [-0.4, -0.2) is 64.4 Å². The second-order valence-electron chi connectivity index (χ2n) is 7.02. The summed E-state index contributed by atoms with van der Waals surface area (Å²) in [5, 5.41) is 10.2. The van der Waals surface area contributed by atoms with E-state index in [4.69, 9.17) is 23.8 Å². The van der Waals surface area contributed by atoms with Crippen LogP contribution in [0.5, 0.6) is 0 Å². The van der Waals surface area contributed by atoms with Crippen molar-refractivity contribution in [1.82, 2.24) is 9.88 Å². The molecule has 4 heterocycles. The Labute approximate surface area is 179 Å². The Balaban J connectivity index is 0.000000339. The van der Waals surface area contributed by atoms with E-state index in [1.54, 1.807) is 17.4 Å². The van der Waals surface area contributed by atoms with E-state index in [2.05, 4.69) is 4.98 Å². The molecule has 2 aromatic heterocycles. The number of nitrogens with zero attached hydrogens (tertiary/aromatic N) is 2. The van der Waals surface area contributed by atoms with Crippen molar-refractivity contribution in [2.45, 2.75) is 50.8 Å². The Morgan fingerprint density at radius 3 is 2.74 bits per heavy atom. The lowest BCUT2D eigenvalue weighted by molar-refractivity contribution is -0.192. The maximum absolute atomic E-state index is 12.7. The first-order valence-corrected chi connectivity index (χ1v) is 10.3. The van der Waals surface area contributed by atoms with Crippen LogP contribution in [0.2, 0.25) is 0 Å². The Morgan fingerprint density at radius 1 is 1.42 bits per heavy atom. The topological polar surface area (TPSA) is 102 Å². The van der Waals surface area contributed by atoms with E-state index in [0.717, 1.165) is 30.2 Å². The summed E-state index contributed by atoms with van der Waals surface area (Å²) in [6.07, 6.45) is -0.329. The number of carboxylic acid groups (broad SMARTS) is 1. The van der Waals surface area contributed by atoms with E-state index in [9.17, 15) is 18.0 Å². The fourth-order valence-corrected chi connectivity index (χ4v) is 4.11. The number of aliphatic carboxylic acids is 1. The van der Waals surface area contributed by atoms with Gasteiger partial charge >= 0.3 is 12.1 Å². The van der Waals surface area contributed by atoms with Crippen LogP contribution < -0.4 is 0 Å². The molecule has 2 aliphatic heterocycles. The molecule has 0 aliphatic carbocycles. The molecule has 3 atom stereocenters. The van der Waals surface area contributed by atoms with Crippen LogP contribution in [0.4, 0.5) is 13.2 Å². The zero-order valence-corrected chi connectivity index (χ0v) is 17.3. The number of thiazole rings is 1. The highest BCUT2D eigenvalue weighted by atomic mass is 32.1. The van der Waals surface area contributed by atoms with Crippen molar-refractivity contribution in [2.24, 2.45) is 0 Å². The normalized spacial score (nSPS) is 23.1. The number of hydrogen-bond acceptors (Lipinski definition) is 7. The largest absolute Gasteiger partial charge is 0.490 e. The number of carbonyl (C=O) groups excluding carboxylic acids is 1. The van der Waals surface area contributed by atoms with Crippen molar-refractivity contribution in [3.63, 3.8) is 0 Å². The van der Waals surface area contributed by atoms with Crippen LogP contribution >= 0.6 is 11.3 Å². The van der Waals surface area contributed by atoms with Gasteiger partial charge in [-0.1, -0.05) is 0 Å². The number of hydrogen-bond donors (Lipinski definition) is 1. The molecule has 31 heavy (non-hydrogen) atoms. The predicted octanol–water partition coefficient (Wildman–Crippen LogP) is 3.27. The molecule has 2 saturated heterocycles. The maximum Gasteiger partial charge on any atom is 0.490 e. The van der Waals surface area contributed by atoms with Crippen molar-refractivity contribution in [2.75, 3.05) is 13.2 Å². The third-order valence-electron chi connectivity index (χ3n) is 4.86. The van der Waals surface area contributed by atoms with Gasteiger partial charge in [0.05, 0.1) is 41.7 Å². The number of carbonyl (C=O) groups is 2. The second kappa shape index (κ2) is 9.79. The van der Waals surface area contributed by atoms with Crippen molar-refractivity contribution in [3.8, 4) is 0 Å². The summed E-state index contributed by atoms with van der Waals surface area (Å²) < 4.78 is 48.8. The summed E-state index contributed by atoms with van der Waals surface area (Å²) in [4.78, 5) is 27.9. The summed E-state index contributed by atoms with van der Waals surface area (Å²) in [5.41, 5.74) is 1.51. The van der Waals surface area contributed by atoms with Gasteiger partial charge in [0.15, 0.2) is 0 Å². The van der Waals surface area contributed by atoms with Crippen LogP contribution in [0.3, 0.4) is 0 Å². The molecule has 2 fully saturated rings. The Kier molecular flexibility index (Phi) is 7.34. The molecule has 1 amide bonds. The minimum atomic E-state index is -5.08. The quantitative estimate of drug-likeness (QED) is 0.744. The molecule has 0 aromatic carbocycles. The molecule has 0 spiro atoms. The SMILES string of the molecule is Cc1nc(CO[C@@H]2CN(C(=O)c3ccoc3)[C@@H]3CCCO[C@@H]32)cs1.O=C(O)C(F)(F)F. The predicted molar refractivity (Wildman–Crippen MR) is 102 cm³/mol. The molecular weight excluding hydrogens is 441 g/mol. The van der Waals surface area contributed by atoms with Crippen LogP contribution in [0.15, 0.2) is 28.4 Å². The highest BCUT2D eigenvalue weighted by Crippen LogP contribution is 2.32. The molecule has 1 N–H and O–H groups in total. The summed E-state index contributed by atoms with van der Waals surface area (Å²) in [5.74, 6) is -2.77. The number of aryl methyl sites for hydroxylation is 1. The lowest BCUT2D eigenvalue weighted by Gasteiger charge is -2.32. The van der Waals surface area contributed by atoms with Crippen LogP contribution in [0.25, 0.3) is 0 Å². The first-order valence-electron chi connectivity index (χ1n) is 9.44. The van der Waals surface area contributed by atoms with Gasteiger partial charge < -0.3 is 23.9 Å². The highest BCUT2D eigenvalue weighted by Gasteiger charge is 2.47. The number of halogens is 3. The number of alkyl halides is 3. The first-order chi connectivity index (χ1) is 14.7. The van der Waals surface area contributed by atoms with E-state index in [0.29, 0.717) is 18.7 Å². The maximum atomic E-state index is 12.7. The van der Waals surface area contributed by atoms with E-state index < -0.39 is 12.1 Å². The summed E-state index contributed by atoms with van der Waals surface area (Å²) in [7, 11) is 0. The van der Waals surface area contributed by atoms with Gasteiger partial charge in [0, 0.05) is 12.0 Å². The lowest BCUT2D eigenvalue weighted by atomic mass is 10.0. The number of amides is 1. The van der Waals surface area contributed by atoms with Gasteiger partial charge in [-0.15, -0.1) is 11.3 Å². The zero-order valence-electron chi connectivity index (χ0n) is 16.5. The molecule has 2 aromatic rings. The number of ether oxygens (including phenoxy) is 2. The Bertz CT molecular complexity index is 886. The molecule has 170 valence electrons. The van der Waals surface area contributed by atoms with E-state index in [-0.39, 0.29) is 24.2 Å². The van der Waals surface area contributed by atoms with Crippen molar-refractivity contribution in [3.05, 3.63) is 40.2 Å². The van der Waals surface area contributed by atoms with E-state index in [1.807, 2.05) is 17.2 Å². The van der Waals surface area contributed by atoms with Gasteiger partial charge in [0.1, 0.15) is 18.5 Å². The molecule has 12 heteroatoms. The van der Waals surface area contributed by atoms with Gasteiger partial charge in [0.2, 0.25) is 0 Å². The number of fused-ring (bicyclic) bond motifs is 1. The van der Waals surface area contributed by atoms with Crippen molar-refractivity contribution >= 4 is 23.2 Å². The van der Waals surface area contributed by atoms with Gasteiger partial charge in [-0.2, -0.15) is 13.2 Å². The van der Waals surface area contributed by atoms with E-state index in [1.165, 1.54) is 12.5 Å². The summed E-state index contributed by atoms with van der Waals surface area (Å²) in [6.45, 7) is 3.71. The van der Waals surface area contributed by atoms with Crippen molar-refractivity contribution < 1.29 is 41.8 Å². The van der Waals surface area contributed by atoms with E-state index >= 15 is 0 Å². The molecule has 0 saturated carbocycles. The summed E-state index contributed by atoms with van der Waals surface area (Å²) >= 11 is 1.62. The molecule has 8 nitrogen and oxygen atoms in total. The minimum absolute atomic E-state index is 0.0140. The number of furan rings is 1. The number of aromatic nitrogens is 1. The average Bonchev–Trinajstić information content (AvgIpc) is 3.46. The van der Waals surface area contributed by atoms with Crippen LogP contribution in [0, 0.1) is 6.92 Å². The average molecular weight is 462 g/mol. The fourth-order valence-electron chi connectivity index (χ4n) is 3.51. The van der Waals surface area contributed by atoms with Crippen LogP contribution in [0.1, 0.15) is 33.9 Å². The van der Waals surface area contributed by atoms with Gasteiger partial charge in [-0.25, -0.2) is 9.78 Å². The smallest absolute Gasteiger partial charge is 0.475 e. The third kappa shape index (κ3) is 5.83. The van der Waals surface area contributed by atoms with Gasteiger partial charge in [0.25, 0.3) is 5.91 Å². The molecule has 0 radical (unpaired) electrons. The fraction of sp³-hybridized carbons (Fsp3) is 0.526. The lowest BCUT2D eigenvalue weighted by Crippen LogP contribution is -2.43. The molecule has 0 unspecified atom stereocenters. The Morgan fingerprint density at radius 2 is 2.16 bits per heavy atom.